The molecule has 4 nitrogen and oxygen atoms in total. The van der Waals surface area contributed by atoms with Crippen molar-refractivity contribution in [3.8, 4) is 5.75 Å². The summed E-state index contributed by atoms with van der Waals surface area (Å²) in [6, 6.07) is 4.05. The summed E-state index contributed by atoms with van der Waals surface area (Å²) in [4.78, 5) is 14.3. The number of carbonyl (C=O) groups is 1. The Morgan fingerprint density at radius 1 is 1.43 bits per heavy atom. The summed E-state index contributed by atoms with van der Waals surface area (Å²) in [5, 5.41) is 3.14. The van der Waals surface area contributed by atoms with E-state index in [0.29, 0.717) is 6.54 Å². The molecule has 1 unspecified atom stereocenters. The quantitative estimate of drug-likeness (QED) is 0.883. The molecule has 1 aromatic rings. The highest BCUT2D eigenvalue weighted by Crippen LogP contribution is 2.29. The van der Waals surface area contributed by atoms with Gasteiger partial charge in [0.25, 0.3) is 5.91 Å². The maximum atomic E-state index is 12.4. The normalized spacial score (nSPS) is 16.1. The van der Waals surface area contributed by atoms with Gasteiger partial charge in [-0.1, -0.05) is 15.9 Å². The highest BCUT2D eigenvalue weighted by Gasteiger charge is 2.25. The first-order chi connectivity index (χ1) is 10.0. The molecule has 0 saturated carbocycles. The van der Waals surface area contributed by atoms with Gasteiger partial charge in [0, 0.05) is 29.7 Å². The number of nitrogens with zero attached hydrogens (tertiary/aromatic N) is 1. The van der Waals surface area contributed by atoms with Gasteiger partial charge in [-0.3, -0.25) is 4.79 Å². The van der Waals surface area contributed by atoms with E-state index in [1.807, 2.05) is 37.9 Å². The van der Waals surface area contributed by atoms with E-state index in [1.54, 1.807) is 0 Å². The summed E-state index contributed by atoms with van der Waals surface area (Å²) >= 11 is 3.51. The fourth-order valence-corrected chi connectivity index (χ4v) is 3.33. The van der Waals surface area contributed by atoms with Gasteiger partial charge in [0.15, 0.2) is 6.10 Å². The van der Waals surface area contributed by atoms with Crippen molar-refractivity contribution in [1.82, 2.24) is 10.2 Å². The lowest BCUT2D eigenvalue weighted by Crippen LogP contribution is -2.38. The predicted molar refractivity (Wildman–Crippen MR) is 87.5 cm³/mol. The molecule has 2 rings (SSSR count). The molecule has 1 aliphatic rings. The number of carbonyl (C=O) groups excluding carboxylic acids is 1. The van der Waals surface area contributed by atoms with Crippen LogP contribution in [0, 0.1) is 6.92 Å². The molecule has 1 aromatic carbocycles. The summed E-state index contributed by atoms with van der Waals surface area (Å²) in [6.45, 7) is 6.27. The molecule has 0 aliphatic carbocycles. The van der Waals surface area contributed by atoms with Gasteiger partial charge in [-0.25, -0.2) is 0 Å². The number of aryl methyl sites for hydroxylation is 1. The molecule has 0 radical (unpaired) electrons. The first-order valence-corrected chi connectivity index (χ1v) is 8.21. The monoisotopic (exact) mass is 354 g/mol. The molecule has 1 N–H and O–H groups in total. The van der Waals surface area contributed by atoms with Crippen molar-refractivity contribution < 1.29 is 9.53 Å². The molecule has 1 aliphatic heterocycles. The molecule has 0 spiro atoms. The number of hydrogen-bond donors (Lipinski definition) is 1. The van der Waals surface area contributed by atoms with Crippen LogP contribution in [0.5, 0.6) is 5.75 Å². The Hall–Kier alpha value is -1.07. The van der Waals surface area contributed by atoms with E-state index in [2.05, 4.69) is 21.2 Å². The molecular weight excluding hydrogens is 332 g/mol. The van der Waals surface area contributed by atoms with Crippen LogP contribution in [0.1, 0.15) is 30.9 Å². The molecular formula is C16H23BrN2O2. The van der Waals surface area contributed by atoms with Gasteiger partial charge in [0.2, 0.25) is 0 Å². The standard InChI is InChI=1S/C16H23BrN2O2/c1-11-8-14(17)9-13(10-18-3)15(11)21-12(2)16(20)19-6-4-5-7-19/h8-9,12,18H,4-7,10H2,1-3H3. The van der Waals surface area contributed by atoms with Gasteiger partial charge < -0.3 is 15.0 Å². The molecule has 0 bridgehead atoms. The Morgan fingerprint density at radius 2 is 2.10 bits per heavy atom. The van der Waals surface area contributed by atoms with E-state index >= 15 is 0 Å². The maximum Gasteiger partial charge on any atom is 0.263 e. The van der Waals surface area contributed by atoms with Crippen molar-refractivity contribution in [3.05, 3.63) is 27.7 Å². The minimum absolute atomic E-state index is 0.0882. The smallest absolute Gasteiger partial charge is 0.263 e. The van der Waals surface area contributed by atoms with Crippen LogP contribution in [-0.4, -0.2) is 37.0 Å². The largest absolute Gasteiger partial charge is 0.480 e. The van der Waals surface area contributed by atoms with Crippen molar-refractivity contribution in [2.75, 3.05) is 20.1 Å². The lowest BCUT2D eigenvalue weighted by Gasteiger charge is -2.23. The van der Waals surface area contributed by atoms with Gasteiger partial charge in [-0.2, -0.15) is 0 Å². The fourth-order valence-electron chi connectivity index (χ4n) is 2.71. The van der Waals surface area contributed by atoms with E-state index < -0.39 is 6.10 Å². The molecule has 1 amide bonds. The summed E-state index contributed by atoms with van der Waals surface area (Å²) in [6.07, 6.45) is 1.75. The number of likely N-dealkylation sites (tertiary alicyclic amines) is 1. The minimum Gasteiger partial charge on any atom is -0.480 e. The number of amides is 1. The topological polar surface area (TPSA) is 41.6 Å². The lowest BCUT2D eigenvalue weighted by molar-refractivity contribution is -0.136. The van der Waals surface area contributed by atoms with Crippen LogP contribution in [0.2, 0.25) is 0 Å². The van der Waals surface area contributed by atoms with Crippen LogP contribution >= 0.6 is 15.9 Å². The van der Waals surface area contributed by atoms with Crippen molar-refractivity contribution in [3.63, 3.8) is 0 Å². The zero-order valence-electron chi connectivity index (χ0n) is 12.9. The van der Waals surface area contributed by atoms with E-state index in [4.69, 9.17) is 4.74 Å². The molecule has 1 saturated heterocycles. The third-order valence-corrected chi connectivity index (χ3v) is 4.20. The Morgan fingerprint density at radius 3 is 2.71 bits per heavy atom. The molecule has 21 heavy (non-hydrogen) atoms. The van der Waals surface area contributed by atoms with Crippen LogP contribution in [0.15, 0.2) is 16.6 Å². The van der Waals surface area contributed by atoms with E-state index in [0.717, 1.165) is 47.3 Å². The third-order valence-electron chi connectivity index (χ3n) is 3.74. The van der Waals surface area contributed by atoms with Crippen LogP contribution in [0.25, 0.3) is 0 Å². The average molecular weight is 355 g/mol. The maximum absolute atomic E-state index is 12.4. The number of hydrogen-bond acceptors (Lipinski definition) is 3. The number of halogens is 1. The number of rotatable bonds is 5. The van der Waals surface area contributed by atoms with Gasteiger partial charge in [0.1, 0.15) is 5.75 Å². The average Bonchev–Trinajstić information content (AvgIpc) is 2.95. The second-order valence-electron chi connectivity index (χ2n) is 5.53. The van der Waals surface area contributed by atoms with Gasteiger partial charge in [-0.05, 0) is 51.4 Å². The zero-order chi connectivity index (χ0) is 15.4. The summed E-state index contributed by atoms with van der Waals surface area (Å²) < 4.78 is 7.03. The summed E-state index contributed by atoms with van der Waals surface area (Å²) in [7, 11) is 1.90. The number of benzene rings is 1. The van der Waals surface area contributed by atoms with Crippen molar-refractivity contribution in [2.24, 2.45) is 0 Å². The highest BCUT2D eigenvalue weighted by molar-refractivity contribution is 9.10. The zero-order valence-corrected chi connectivity index (χ0v) is 14.5. The lowest BCUT2D eigenvalue weighted by atomic mass is 10.1. The van der Waals surface area contributed by atoms with E-state index in [1.165, 1.54) is 0 Å². The van der Waals surface area contributed by atoms with Crippen LogP contribution < -0.4 is 10.1 Å². The Bertz CT molecular complexity index is 513. The fraction of sp³-hybridized carbons (Fsp3) is 0.562. The van der Waals surface area contributed by atoms with Crippen LogP contribution in [-0.2, 0) is 11.3 Å². The number of ether oxygens (including phenoxy) is 1. The minimum atomic E-state index is -0.446. The third kappa shape index (κ3) is 3.98. The molecule has 1 fully saturated rings. The van der Waals surface area contributed by atoms with Crippen molar-refractivity contribution in [1.29, 1.82) is 0 Å². The van der Waals surface area contributed by atoms with Gasteiger partial charge in [-0.15, -0.1) is 0 Å². The molecule has 1 heterocycles. The SMILES string of the molecule is CNCc1cc(Br)cc(C)c1OC(C)C(=O)N1CCCC1. The van der Waals surface area contributed by atoms with Crippen molar-refractivity contribution in [2.45, 2.75) is 39.3 Å². The van der Waals surface area contributed by atoms with Crippen LogP contribution in [0.3, 0.4) is 0 Å². The molecule has 1 atom stereocenters. The highest BCUT2D eigenvalue weighted by atomic mass is 79.9. The van der Waals surface area contributed by atoms with Crippen LogP contribution in [0.4, 0.5) is 0 Å². The Labute approximate surface area is 135 Å². The van der Waals surface area contributed by atoms with Gasteiger partial charge in [0.05, 0.1) is 0 Å². The first kappa shape index (κ1) is 16.3. The number of nitrogens with one attached hydrogen (secondary N) is 1. The second kappa shape index (κ2) is 7.27. The summed E-state index contributed by atoms with van der Waals surface area (Å²) in [5.41, 5.74) is 2.10. The Balaban J connectivity index is 2.15. The van der Waals surface area contributed by atoms with E-state index in [-0.39, 0.29) is 5.91 Å². The van der Waals surface area contributed by atoms with E-state index in [9.17, 15) is 4.79 Å². The Kier molecular flexibility index (Phi) is 5.65. The first-order valence-electron chi connectivity index (χ1n) is 7.42. The van der Waals surface area contributed by atoms with Gasteiger partial charge >= 0.3 is 0 Å². The second-order valence-corrected chi connectivity index (χ2v) is 6.45. The molecule has 0 aromatic heterocycles. The summed E-state index contributed by atoms with van der Waals surface area (Å²) in [5.74, 6) is 0.901. The predicted octanol–water partition coefficient (Wildman–Crippen LogP) is 2.87. The molecule has 116 valence electrons. The molecule has 5 heteroatoms. The van der Waals surface area contributed by atoms with Crippen molar-refractivity contribution >= 4 is 21.8 Å².